The van der Waals surface area contributed by atoms with Crippen molar-refractivity contribution in [1.29, 1.82) is 0 Å². The van der Waals surface area contributed by atoms with Gasteiger partial charge in [0, 0.05) is 12.4 Å². The molecule has 0 bridgehead atoms. The number of rotatable bonds is 6. The summed E-state index contributed by atoms with van der Waals surface area (Å²) in [7, 11) is 1.61. The molecule has 3 aromatic rings. The number of nitrogens with one attached hydrogen (secondary N) is 1. The van der Waals surface area contributed by atoms with Gasteiger partial charge in [0.2, 0.25) is 5.91 Å². The predicted molar refractivity (Wildman–Crippen MR) is 103 cm³/mol. The monoisotopic (exact) mass is 349 g/mol. The van der Waals surface area contributed by atoms with Gasteiger partial charge in [0.05, 0.1) is 23.5 Å². The molecule has 0 saturated heterocycles. The summed E-state index contributed by atoms with van der Waals surface area (Å²) < 4.78 is 1.30. The molecule has 0 aliphatic rings. The van der Waals surface area contributed by atoms with Gasteiger partial charge in [-0.25, -0.2) is 4.68 Å². The van der Waals surface area contributed by atoms with Crippen molar-refractivity contribution < 1.29 is 4.79 Å². The number of amides is 1. The Kier molecular flexibility index (Phi) is 5.46. The molecule has 5 nitrogen and oxygen atoms in total. The number of hydrogen-bond acceptors (Lipinski definition) is 3. The van der Waals surface area contributed by atoms with Crippen LogP contribution in [0.15, 0.2) is 59.4 Å². The molecule has 0 aliphatic carbocycles. The Morgan fingerprint density at radius 1 is 1.08 bits per heavy atom. The Balaban J connectivity index is 1.85. The second-order valence-corrected chi connectivity index (χ2v) is 6.42. The number of aromatic nitrogens is 2. The quantitative estimate of drug-likeness (QED) is 0.744. The fourth-order valence-electron chi connectivity index (χ4n) is 3.20. The molecule has 1 N–H and O–H groups in total. The van der Waals surface area contributed by atoms with E-state index in [0.29, 0.717) is 11.1 Å². The van der Waals surface area contributed by atoms with Crippen molar-refractivity contribution in [1.82, 2.24) is 15.1 Å². The maximum atomic E-state index is 12.7. The molecule has 3 rings (SSSR count). The highest BCUT2D eigenvalue weighted by atomic mass is 16.1. The molecule has 0 spiro atoms. The van der Waals surface area contributed by atoms with Crippen molar-refractivity contribution >= 4 is 16.7 Å². The van der Waals surface area contributed by atoms with Gasteiger partial charge in [-0.3, -0.25) is 9.59 Å². The lowest BCUT2D eigenvalue weighted by Crippen LogP contribution is -2.31. The van der Waals surface area contributed by atoms with E-state index in [1.165, 1.54) is 4.68 Å². The van der Waals surface area contributed by atoms with Gasteiger partial charge in [-0.15, -0.1) is 0 Å². The highest BCUT2D eigenvalue weighted by Crippen LogP contribution is 2.19. The van der Waals surface area contributed by atoms with Gasteiger partial charge in [-0.2, -0.15) is 5.10 Å². The van der Waals surface area contributed by atoms with Crippen LogP contribution in [0.25, 0.3) is 10.8 Å². The molecular weight excluding hydrogens is 326 g/mol. The van der Waals surface area contributed by atoms with E-state index in [1.807, 2.05) is 48.5 Å². The zero-order chi connectivity index (χ0) is 18.5. The van der Waals surface area contributed by atoms with Gasteiger partial charge in [-0.05, 0) is 18.1 Å². The number of aryl methyl sites for hydroxylation is 1. The van der Waals surface area contributed by atoms with E-state index in [1.54, 1.807) is 13.1 Å². The van der Waals surface area contributed by atoms with E-state index >= 15 is 0 Å². The standard InChI is InChI=1S/C21H23N3O2/c1-3-9-18(15-10-5-4-6-11-15)22-20(25)14-19-16-12-7-8-13-17(16)21(26)24(2)23-19/h4-8,10-13,18H,3,9,14H2,1-2H3,(H,22,25). The molecule has 1 amide bonds. The van der Waals surface area contributed by atoms with Crippen molar-refractivity contribution in [2.24, 2.45) is 7.05 Å². The first-order chi connectivity index (χ1) is 12.6. The summed E-state index contributed by atoms with van der Waals surface area (Å²) in [5.41, 5.74) is 1.56. The summed E-state index contributed by atoms with van der Waals surface area (Å²) in [6, 6.07) is 17.2. The van der Waals surface area contributed by atoms with Crippen molar-refractivity contribution in [3.05, 3.63) is 76.2 Å². The average molecular weight is 349 g/mol. The first-order valence-electron chi connectivity index (χ1n) is 8.89. The second-order valence-electron chi connectivity index (χ2n) is 6.42. The lowest BCUT2D eigenvalue weighted by atomic mass is 10.0. The van der Waals surface area contributed by atoms with Crippen LogP contribution in [-0.2, 0) is 18.3 Å². The summed E-state index contributed by atoms with van der Waals surface area (Å²) in [5, 5.41) is 8.74. The van der Waals surface area contributed by atoms with Crippen molar-refractivity contribution in [2.45, 2.75) is 32.2 Å². The van der Waals surface area contributed by atoms with Crippen LogP contribution in [0.5, 0.6) is 0 Å². The lowest BCUT2D eigenvalue weighted by molar-refractivity contribution is -0.121. The van der Waals surface area contributed by atoms with Crippen LogP contribution >= 0.6 is 0 Å². The van der Waals surface area contributed by atoms with Gasteiger partial charge >= 0.3 is 0 Å². The molecular formula is C21H23N3O2. The SMILES string of the molecule is CCCC(NC(=O)Cc1nn(C)c(=O)c2ccccc12)c1ccccc1. The minimum absolute atomic E-state index is 0.0208. The first kappa shape index (κ1) is 17.9. The highest BCUT2D eigenvalue weighted by molar-refractivity contribution is 5.88. The second kappa shape index (κ2) is 7.95. The van der Waals surface area contributed by atoms with E-state index in [0.717, 1.165) is 23.8 Å². The Bertz CT molecular complexity index is 964. The Morgan fingerprint density at radius 2 is 1.73 bits per heavy atom. The molecule has 134 valence electrons. The molecule has 2 aromatic carbocycles. The molecule has 26 heavy (non-hydrogen) atoms. The van der Waals surface area contributed by atoms with Gasteiger partial charge in [0.25, 0.3) is 5.56 Å². The molecule has 1 heterocycles. The van der Waals surface area contributed by atoms with E-state index in [2.05, 4.69) is 17.3 Å². The Morgan fingerprint density at radius 3 is 2.42 bits per heavy atom. The number of carbonyl (C=O) groups excluding carboxylic acids is 1. The number of nitrogens with zero attached hydrogens (tertiary/aromatic N) is 2. The van der Waals surface area contributed by atoms with Gasteiger partial charge in [0.15, 0.2) is 0 Å². The lowest BCUT2D eigenvalue weighted by Gasteiger charge is -2.19. The van der Waals surface area contributed by atoms with E-state index < -0.39 is 0 Å². The fraction of sp³-hybridized carbons (Fsp3) is 0.286. The van der Waals surface area contributed by atoms with E-state index in [9.17, 15) is 9.59 Å². The average Bonchev–Trinajstić information content (AvgIpc) is 2.66. The molecule has 1 unspecified atom stereocenters. The predicted octanol–water partition coefficient (Wildman–Crippen LogP) is 3.13. The van der Waals surface area contributed by atoms with Crippen molar-refractivity contribution in [3.63, 3.8) is 0 Å². The minimum Gasteiger partial charge on any atom is -0.349 e. The van der Waals surface area contributed by atoms with Crippen LogP contribution in [-0.4, -0.2) is 15.7 Å². The van der Waals surface area contributed by atoms with Gasteiger partial charge in [0.1, 0.15) is 0 Å². The van der Waals surface area contributed by atoms with E-state index in [4.69, 9.17) is 0 Å². The van der Waals surface area contributed by atoms with Crippen LogP contribution in [0.4, 0.5) is 0 Å². The number of fused-ring (bicyclic) bond motifs is 1. The Labute approximate surface area is 152 Å². The summed E-state index contributed by atoms with van der Waals surface area (Å²) in [4.78, 5) is 24.9. The summed E-state index contributed by atoms with van der Waals surface area (Å²) in [6.45, 7) is 2.10. The molecule has 0 aliphatic heterocycles. The third-order valence-corrected chi connectivity index (χ3v) is 4.48. The maximum absolute atomic E-state index is 12.7. The van der Waals surface area contributed by atoms with Crippen LogP contribution in [0.1, 0.15) is 37.1 Å². The zero-order valence-electron chi connectivity index (χ0n) is 15.1. The van der Waals surface area contributed by atoms with Crippen LogP contribution in [0.2, 0.25) is 0 Å². The third kappa shape index (κ3) is 3.82. The summed E-state index contributed by atoms with van der Waals surface area (Å²) >= 11 is 0. The Hall–Kier alpha value is -2.95. The topological polar surface area (TPSA) is 64.0 Å². The molecule has 1 aromatic heterocycles. The van der Waals surface area contributed by atoms with E-state index in [-0.39, 0.29) is 23.9 Å². The normalized spacial score (nSPS) is 12.1. The highest BCUT2D eigenvalue weighted by Gasteiger charge is 2.16. The number of carbonyl (C=O) groups is 1. The van der Waals surface area contributed by atoms with Crippen molar-refractivity contribution in [2.75, 3.05) is 0 Å². The van der Waals surface area contributed by atoms with Gasteiger partial charge < -0.3 is 5.32 Å². The molecule has 1 atom stereocenters. The first-order valence-corrected chi connectivity index (χ1v) is 8.89. The largest absolute Gasteiger partial charge is 0.349 e. The third-order valence-electron chi connectivity index (χ3n) is 4.48. The maximum Gasteiger partial charge on any atom is 0.274 e. The van der Waals surface area contributed by atoms with Crippen LogP contribution < -0.4 is 10.9 Å². The van der Waals surface area contributed by atoms with Crippen LogP contribution in [0.3, 0.4) is 0 Å². The summed E-state index contributed by atoms with van der Waals surface area (Å²) in [5.74, 6) is -0.0939. The smallest absolute Gasteiger partial charge is 0.274 e. The number of hydrogen-bond donors (Lipinski definition) is 1. The van der Waals surface area contributed by atoms with Gasteiger partial charge in [-0.1, -0.05) is 61.9 Å². The molecule has 0 fully saturated rings. The zero-order valence-corrected chi connectivity index (χ0v) is 15.1. The number of benzene rings is 2. The molecule has 0 radical (unpaired) electrons. The fourth-order valence-corrected chi connectivity index (χ4v) is 3.20. The molecule has 5 heteroatoms. The summed E-state index contributed by atoms with van der Waals surface area (Å²) in [6.07, 6.45) is 1.99. The minimum atomic E-state index is -0.155. The van der Waals surface area contributed by atoms with Crippen molar-refractivity contribution in [3.8, 4) is 0 Å². The molecule has 0 saturated carbocycles. The van der Waals surface area contributed by atoms with Crippen LogP contribution in [0, 0.1) is 0 Å².